The van der Waals surface area contributed by atoms with Gasteiger partial charge in [0.15, 0.2) is 6.29 Å². The van der Waals surface area contributed by atoms with Crippen LogP contribution in [0.4, 0.5) is 5.82 Å². The summed E-state index contributed by atoms with van der Waals surface area (Å²) in [6, 6.07) is 7.52. The Morgan fingerprint density at radius 3 is 2.85 bits per heavy atom. The molecule has 1 aromatic carbocycles. The summed E-state index contributed by atoms with van der Waals surface area (Å²) in [5.74, 6) is 0.286. The molecular formula is C10H8N2O. The summed E-state index contributed by atoms with van der Waals surface area (Å²) in [5.41, 5.74) is 6.03. The quantitative estimate of drug-likeness (QED) is 0.665. The van der Waals surface area contributed by atoms with Crippen molar-refractivity contribution in [3.05, 3.63) is 36.0 Å². The molecule has 0 saturated heterocycles. The van der Waals surface area contributed by atoms with E-state index in [2.05, 4.69) is 4.98 Å². The summed E-state index contributed by atoms with van der Waals surface area (Å²) in [5, 5.41) is 1.78. The zero-order chi connectivity index (χ0) is 9.26. The van der Waals surface area contributed by atoms with E-state index in [1.54, 1.807) is 6.20 Å². The Kier molecular flexibility index (Phi) is 1.70. The van der Waals surface area contributed by atoms with E-state index in [1.165, 1.54) is 0 Å². The van der Waals surface area contributed by atoms with Gasteiger partial charge >= 0.3 is 0 Å². The van der Waals surface area contributed by atoms with Gasteiger partial charge in [0.1, 0.15) is 5.82 Å². The van der Waals surface area contributed by atoms with E-state index in [-0.39, 0.29) is 5.82 Å². The van der Waals surface area contributed by atoms with Crippen LogP contribution in [0.25, 0.3) is 10.8 Å². The van der Waals surface area contributed by atoms with E-state index in [9.17, 15) is 4.79 Å². The fourth-order valence-electron chi connectivity index (χ4n) is 1.33. The van der Waals surface area contributed by atoms with Crippen molar-refractivity contribution in [3.8, 4) is 0 Å². The second-order valence-electron chi connectivity index (χ2n) is 2.76. The zero-order valence-corrected chi connectivity index (χ0v) is 6.90. The fourth-order valence-corrected chi connectivity index (χ4v) is 1.33. The van der Waals surface area contributed by atoms with Gasteiger partial charge in [-0.1, -0.05) is 24.3 Å². The molecule has 0 unspecified atom stereocenters. The number of pyridine rings is 1. The first-order valence-electron chi connectivity index (χ1n) is 3.91. The van der Waals surface area contributed by atoms with Crippen LogP contribution in [0.3, 0.4) is 0 Å². The largest absolute Gasteiger partial charge is 0.383 e. The summed E-state index contributed by atoms with van der Waals surface area (Å²) in [6.45, 7) is 0. The number of hydrogen-bond donors (Lipinski definition) is 1. The Hall–Kier alpha value is -1.90. The maximum atomic E-state index is 10.7. The van der Waals surface area contributed by atoms with Crippen LogP contribution in [0.5, 0.6) is 0 Å². The molecule has 0 aliphatic rings. The number of carbonyl (C=O) groups is 1. The number of hydrogen-bond acceptors (Lipinski definition) is 3. The van der Waals surface area contributed by atoms with Crippen LogP contribution in [-0.2, 0) is 0 Å². The lowest BCUT2D eigenvalue weighted by molar-refractivity contribution is 0.112. The van der Waals surface area contributed by atoms with Gasteiger partial charge in [0.05, 0.1) is 5.56 Å². The van der Waals surface area contributed by atoms with Gasteiger partial charge in [0.2, 0.25) is 0 Å². The van der Waals surface area contributed by atoms with E-state index < -0.39 is 0 Å². The molecule has 1 aromatic heterocycles. The first-order chi connectivity index (χ1) is 6.33. The van der Waals surface area contributed by atoms with Gasteiger partial charge in [-0.2, -0.15) is 0 Å². The molecule has 0 fully saturated rings. The summed E-state index contributed by atoms with van der Waals surface area (Å²) in [4.78, 5) is 14.6. The molecule has 0 radical (unpaired) electrons. The molecule has 0 aliphatic heterocycles. The Bertz CT molecular complexity index is 465. The van der Waals surface area contributed by atoms with Gasteiger partial charge in [-0.3, -0.25) is 4.79 Å². The fraction of sp³-hybridized carbons (Fsp3) is 0. The second-order valence-corrected chi connectivity index (χ2v) is 2.76. The molecule has 2 aromatic rings. The van der Waals surface area contributed by atoms with Crippen molar-refractivity contribution in [1.82, 2.24) is 4.98 Å². The van der Waals surface area contributed by atoms with Gasteiger partial charge in [-0.15, -0.1) is 0 Å². The normalized spacial score (nSPS) is 10.2. The Morgan fingerprint density at radius 2 is 2.08 bits per heavy atom. The van der Waals surface area contributed by atoms with Crippen LogP contribution in [0.15, 0.2) is 30.5 Å². The molecule has 0 bridgehead atoms. The number of nitrogen functional groups attached to an aromatic ring is 1. The van der Waals surface area contributed by atoms with Crippen LogP contribution in [-0.4, -0.2) is 11.3 Å². The maximum absolute atomic E-state index is 10.7. The van der Waals surface area contributed by atoms with Crippen molar-refractivity contribution in [2.45, 2.75) is 0 Å². The van der Waals surface area contributed by atoms with Crippen molar-refractivity contribution >= 4 is 22.9 Å². The third-order valence-corrected chi connectivity index (χ3v) is 1.99. The van der Waals surface area contributed by atoms with E-state index in [1.807, 2.05) is 24.3 Å². The highest BCUT2D eigenvalue weighted by Crippen LogP contribution is 2.19. The standard InChI is InChI=1S/C10H8N2O/c11-10-9(6-13)8-4-2-1-3-7(8)5-12-10/h1-6H,(H2,11,12). The van der Waals surface area contributed by atoms with Crippen molar-refractivity contribution in [2.75, 3.05) is 5.73 Å². The smallest absolute Gasteiger partial charge is 0.154 e. The van der Waals surface area contributed by atoms with Crippen molar-refractivity contribution < 1.29 is 4.79 Å². The number of benzene rings is 1. The van der Waals surface area contributed by atoms with E-state index in [0.717, 1.165) is 17.1 Å². The highest BCUT2D eigenvalue weighted by Gasteiger charge is 2.03. The maximum Gasteiger partial charge on any atom is 0.154 e. The van der Waals surface area contributed by atoms with Gasteiger partial charge in [-0.05, 0) is 5.39 Å². The summed E-state index contributed by atoms with van der Waals surface area (Å²) >= 11 is 0. The summed E-state index contributed by atoms with van der Waals surface area (Å²) in [6.07, 6.45) is 2.41. The molecular weight excluding hydrogens is 164 g/mol. The number of nitrogens with zero attached hydrogens (tertiary/aromatic N) is 1. The third-order valence-electron chi connectivity index (χ3n) is 1.99. The van der Waals surface area contributed by atoms with Crippen molar-refractivity contribution in [2.24, 2.45) is 0 Å². The monoisotopic (exact) mass is 172 g/mol. The molecule has 0 aliphatic carbocycles. The molecule has 3 nitrogen and oxygen atoms in total. The molecule has 64 valence electrons. The van der Waals surface area contributed by atoms with Crippen LogP contribution in [0.2, 0.25) is 0 Å². The number of rotatable bonds is 1. The Morgan fingerprint density at radius 1 is 1.31 bits per heavy atom. The number of fused-ring (bicyclic) bond motifs is 1. The van der Waals surface area contributed by atoms with Gasteiger partial charge in [0, 0.05) is 11.6 Å². The number of nitrogens with two attached hydrogens (primary N) is 1. The lowest BCUT2D eigenvalue weighted by Gasteiger charge is -2.01. The third kappa shape index (κ3) is 1.14. The van der Waals surface area contributed by atoms with Gasteiger partial charge < -0.3 is 5.73 Å². The second kappa shape index (κ2) is 2.86. The summed E-state index contributed by atoms with van der Waals surface area (Å²) < 4.78 is 0. The number of aldehydes is 1. The van der Waals surface area contributed by atoms with Crippen LogP contribution in [0, 0.1) is 0 Å². The van der Waals surface area contributed by atoms with Gasteiger partial charge in [0.25, 0.3) is 0 Å². The van der Waals surface area contributed by atoms with Crippen LogP contribution in [0.1, 0.15) is 10.4 Å². The number of anilines is 1. The first kappa shape index (κ1) is 7.73. The minimum Gasteiger partial charge on any atom is -0.383 e. The molecule has 13 heavy (non-hydrogen) atoms. The highest BCUT2D eigenvalue weighted by atomic mass is 16.1. The van der Waals surface area contributed by atoms with Crippen molar-refractivity contribution in [3.63, 3.8) is 0 Å². The predicted molar refractivity (Wildman–Crippen MR) is 51.5 cm³/mol. The van der Waals surface area contributed by atoms with E-state index >= 15 is 0 Å². The highest BCUT2D eigenvalue weighted by molar-refractivity contribution is 6.01. The van der Waals surface area contributed by atoms with E-state index in [0.29, 0.717) is 5.56 Å². The van der Waals surface area contributed by atoms with Crippen LogP contribution < -0.4 is 5.73 Å². The van der Waals surface area contributed by atoms with E-state index in [4.69, 9.17) is 5.73 Å². The molecule has 0 spiro atoms. The van der Waals surface area contributed by atoms with Crippen LogP contribution >= 0.6 is 0 Å². The topological polar surface area (TPSA) is 56.0 Å². The lowest BCUT2D eigenvalue weighted by Crippen LogP contribution is -1.97. The zero-order valence-electron chi connectivity index (χ0n) is 6.90. The summed E-state index contributed by atoms with van der Waals surface area (Å²) in [7, 11) is 0. The average molecular weight is 172 g/mol. The molecule has 2 N–H and O–H groups in total. The Balaban J connectivity index is 2.91. The average Bonchev–Trinajstić information content (AvgIpc) is 2.18. The lowest BCUT2D eigenvalue weighted by atomic mass is 10.1. The molecule has 1 heterocycles. The minimum absolute atomic E-state index is 0.286. The predicted octanol–water partition coefficient (Wildman–Crippen LogP) is 1.63. The minimum atomic E-state index is 0.286. The molecule has 0 saturated carbocycles. The molecule has 0 atom stereocenters. The van der Waals surface area contributed by atoms with Crippen molar-refractivity contribution in [1.29, 1.82) is 0 Å². The number of aromatic nitrogens is 1. The van der Waals surface area contributed by atoms with Gasteiger partial charge in [-0.25, -0.2) is 4.98 Å². The SMILES string of the molecule is Nc1ncc2ccccc2c1C=O. The molecule has 2 rings (SSSR count). The first-order valence-corrected chi connectivity index (χ1v) is 3.91. The molecule has 0 amide bonds. The Labute approximate surface area is 75.2 Å². The molecule has 3 heteroatoms. The number of carbonyl (C=O) groups excluding carboxylic acids is 1.